The van der Waals surface area contributed by atoms with E-state index in [9.17, 15) is 0 Å². The molecule has 0 amide bonds. The van der Waals surface area contributed by atoms with E-state index in [4.69, 9.17) is 4.74 Å². The van der Waals surface area contributed by atoms with E-state index in [0.717, 1.165) is 25.1 Å². The van der Waals surface area contributed by atoms with Gasteiger partial charge in [0.1, 0.15) is 0 Å². The summed E-state index contributed by atoms with van der Waals surface area (Å²) in [5, 5.41) is 0. The fourth-order valence-electron chi connectivity index (χ4n) is 1.97. The maximum absolute atomic E-state index is 5.80. The molecule has 2 nitrogen and oxygen atoms in total. The van der Waals surface area contributed by atoms with Gasteiger partial charge in [-0.25, -0.2) is 0 Å². The van der Waals surface area contributed by atoms with Crippen LogP contribution in [0.1, 0.15) is 25.5 Å². The third-order valence-electron chi connectivity index (χ3n) is 3.03. The van der Waals surface area contributed by atoms with Crippen molar-refractivity contribution in [1.82, 2.24) is 4.98 Å². The molecule has 2 rings (SSSR count). The lowest BCUT2D eigenvalue weighted by atomic mass is 9.95. The van der Waals surface area contributed by atoms with Gasteiger partial charge in [-0.15, -0.1) is 0 Å². The average Bonchev–Trinajstić information content (AvgIpc) is 2.68. The van der Waals surface area contributed by atoms with Gasteiger partial charge in [-0.2, -0.15) is 0 Å². The third-order valence-corrected chi connectivity index (χ3v) is 4.32. The molecule has 1 aliphatic heterocycles. The summed E-state index contributed by atoms with van der Waals surface area (Å²) in [4.78, 5) is 4.69. The largest absolute Gasteiger partial charge is 0.374 e. The summed E-state index contributed by atoms with van der Waals surface area (Å²) in [7, 11) is 0. The Morgan fingerprint density at radius 3 is 3.07 bits per heavy atom. The van der Waals surface area contributed by atoms with E-state index in [2.05, 4.69) is 33.9 Å². The van der Waals surface area contributed by atoms with Crippen molar-refractivity contribution in [3.05, 3.63) is 30.1 Å². The summed E-state index contributed by atoms with van der Waals surface area (Å²) in [5.74, 6) is 0. The van der Waals surface area contributed by atoms with Gasteiger partial charge in [0.05, 0.1) is 5.60 Å². The normalized spacial score (nSPS) is 27.9. The van der Waals surface area contributed by atoms with Crippen molar-refractivity contribution in [2.45, 2.75) is 36.6 Å². The fourth-order valence-corrected chi connectivity index (χ4v) is 2.66. The van der Waals surface area contributed by atoms with E-state index in [1.165, 1.54) is 6.42 Å². The highest BCUT2D eigenvalue weighted by Crippen LogP contribution is 2.34. The number of rotatable bonds is 3. The van der Waals surface area contributed by atoms with Gasteiger partial charge in [0, 0.05) is 29.7 Å². The lowest BCUT2D eigenvalue weighted by molar-refractivity contribution is 0.0200. The summed E-state index contributed by atoms with van der Waals surface area (Å²) in [6, 6.07) is 6.03. The molecule has 1 saturated heterocycles. The second-order valence-electron chi connectivity index (χ2n) is 4.26. The molecule has 1 aliphatic rings. The number of nitrogens with zero attached hydrogens (tertiary/aromatic N) is 1. The molecule has 0 aromatic carbocycles. The van der Waals surface area contributed by atoms with Crippen LogP contribution in [0.25, 0.3) is 0 Å². The van der Waals surface area contributed by atoms with Crippen LogP contribution < -0.4 is 0 Å². The molecule has 1 fully saturated rings. The molecule has 1 aromatic heterocycles. The Balaban J connectivity index is 2.00. The molecule has 2 heterocycles. The van der Waals surface area contributed by atoms with Crippen molar-refractivity contribution in [1.29, 1.82) is 0 Å². The number of ether oxygens (including phenoxy) is 1. The van der Waals surface area contributed by atoms with Crippen LogP contribution in [-0.2, 0) is 11.2 Å². The van der Waals surface area contributed by atoms with Gasteiger partial charge in [-0.1, -0.05) is 22.0 Å². The van der Waals surface area contributed by atoms with Crippen molar-refractivity contribution >= 4 is 15.9 Å². The fraction of sp³-hybridized carbons (Fsp3) is 0.583. The summed E-state index contributed by atoms with van der Waals surface area (Å²) in [6.07, 6.45) is 5.07. The number of alkyl halides is 1. The molecule has 0 aliphatic carbocycles. The Hall–Kier alpha value is -0.410. The van der Waals surface area contributed by atoms with E-state index in [1.54, 1.807) is 0 Å². The van der Waals surface area contributed by atoms with Gasteiger partial charge in [0.15, 0.2) is 0 Å². The first-order valence-electron chi connectivity index (χ1n) is 5.39. The lowest BCUT2D eigenvalue weighted by Crippen LogP contribution is -2.36. The smallest absolute Gasteiger partial charge is 0.0783 e. The maximum atomic E-state index is 5.80. The van der Waals surface area contributed by atoms with E-state index >= 15 is 0 Å². The van der Waals surface area contributed by atoms with Crippen LogP contribution in [0.2, 0.25) is 0 Å². The van der Waals surface area contributed by atoms with Gasteiger partial charge in [0.2, 0.25) is 0 Å². The highest BCUT2D eigenvalue weighted by atomic mass is 79.9. The zero-order chi connectivity index (χ0) is 10.7. The number of pyridine rings is 1. The van der Waals surface area contributed by atoms with Crippen molar-refractivity contribution in [2.24, 2.45) is 0 Å². The van der Waals surface area contributed by atoms with Gasteiger partial charge < -0.3 is 4.74 Å². The summed E-state index contributed by atoms with van der Waals surface area (Å²) in [6.45, 7) is 3.07. The molecule has 0 bridgehead atoms. The second kappa shape index (κ2) is 4.62. The van der Waals surface area contributed by atoms with Crippen LogP contribution in [-0.4, -0.2) is 22.0 Å². The number of halogens is 1. The standard InChI is InChI=1S/C12H16BrNO/c1-12(6-4-8-15-12)11(13)9-10-5-2-3-7-14-10/h2-3,5,7,11H,4,6,8-9H2,1H3. The zero-order valence-corrected chi connectivity index (χ0v) is 10.5. The van der Waals surface area contributed by atoms with E-state index in [0.29, 0.717) is 4.83 Å². The van der Waals surface area contributed by atoms with Crippen LogP contribution in [0.5, 0.6) is 0 Å². The average molecular weight is 270 g/mol. The van der Waals surface area contributed by atoms with Crippen LogP contribution in [0.4, 0.5) is 0 Å². The maximum Gasteiger partial charge on any atom is 0.0783 e. The Kier molecular flexibility index (Phi) is 3.42. The van der Waals surface area contributed by atoms with Gasteiger partial charge in [-0.05, 0) is 31.9 Å². The molecule has 0 radical (unpaired) electrons. The van der Waals surface area contributed by atoms with Crippen LogP contribution in [0.3, 0.4) is 0 Å². The predicted molar refractivity (Wildman–Crippen MR) is 64.2 cm³/mol. The first-order chi connectivity index (χ1) is 7.21. The SMILES string of the molecule is CC1(C(Br)Cc2ccccn2)CCCO1. The van der Waals surface area contributed by atoms with Crippen molar-refractivity contribution in [2.75, 3.05) is 6.61 Å². The summed E-state index contributed by atoms with van der Waals surface area (Å²) >= 11 is 3.73. The van der Waals surface area contributed by atoms with Crippen molar-refractivity contribution < 1.29 is 4.74 Å². The monoisotopic (exact) mass is 269 g/mol. The van der Waals surface area contributed by atoms with E-state index in [-0.39, 0.29) is 5.60 Å². The Morgan fingerprint density at radius 2 is 2.47 bits per heavy atom. The molecular formula is C12H16BrNO. The third kappa shape index (κ3) is 2.58. The highest BCUT2D eigenvalue weighted by molar-refractivity contribution is 9.09. The Morgan fingerprint density at radius 1 is 1.60 bits per heavy atom. The van der Waals surface area contributed by atoms with Crippen LogP contribution in [0, 0.1) is 0 Å². The molecule has 1 aromatic rings. The van der Waals surface area contributed by atoms with Gasteiger partial charge >= 0.3 is 0 Å². The second-order valence-corrected chi connectivity index (χ2v) is 5.36. The molecule has 0 saturated carbocycles. The first-order valence-corrected chi connectivity index (χ1v) is 6.30. The summed E-state index contributed by atoms with van der Waals surface area (Å²) < 4.78 is 5.80. The first kappa shape index (κ1) is 11.1. The van der Waals surface area contributed by atoms with E-state index < -0.39 is 0 Å². The van der Waals surface area contributed by atoms with Gasteiger partial charge in [0.25, 0.3) is 0 Å². The van der Waals surface area contributed by atoms with E-state index in [1.807, 2.05) is 18.3 Å². The molecule has 82 valence electrons. The minimum atomic E-state index is -0.0163. The molecule has 2 atom stereocenters. The molecule has 15 heavy (non-hydrogen) atoms. The summed E-state index contributed by atoms with van der Waals surface area (Å²) in [5.41, 5.74) is 1.11. The number of hydrogen-bond donors (Lipinski definition) is 0. The molecule has 3 heteroatoms. The molecule has 0 spiro atoms. The Labute approximate surface area is 99.2 Å². The molecule has 0 N–H and O–H groups in total. The minimum absolute atomic E-state index is 0.0163. The molecule has 2 unspecified atom stereocenters. The minimum Gasteiger partial charge on any atom is -0.374 e. The van der Waals surface area contributed by atoms with Crippen LogP contribution >= 0.6 is 15.9 Å². The van der Waals surface area contributed by atoms with Crippen molar-refractivity contribution in [3.8, 4) is 0 Å². The quantitative estimate of drug-likeness (QED) is 0.788. The van der Waals surface area contributed by atoms with Crippen molar-refractivity contribution in [3.63, 3.8) is 0 Å². The molecular weight excluding hydrogens is 254 g/mol. The lowest BCUT2D eigenvalue weighted by Gasteiger charge is -2.28. The number of hydrogen-bond acceptors (Lipinski definition) is 2. The van der Waals surface area contributed by atoms with Gasteiger partial charge in [-0.3, -0.25) is 4.98 Å². The predicted octanol–water partition coefficient (Wildman–Crippen LogP) is 2.96. The van der Waals surface area contributed by atoms with Crippen LogP contribution in [0.15, 0.2) is 24.4 Å². The zero-order valence-electron chi connectivity index (χ0n) is 8.95. The highest BCUT2D eigenvalue weighted by Gasteiger charge is 2.36. The Bertz CT molecular complexity index is 309. The topological polar surface area (TPSA) is 22.1 Å². The number of aromatic nitrogens is 1.